The third-order valence-corrected chi connectivity index (χ3v) is 5.92. The van der Waals surface area contributed by atoms with Crippen LogP contribution in [-0.4, -0.2) is 11.1 Å². The SMILES string of the molecule is O=C(CC12CC3CC(CC(C3)C1)C2)Oc1coc(CO)cc1=O. The van der Waals surface area contributed by atoms with E-state index in [1.807, 2.05) is 0 Å². The number of carbonyl (C=O) groups is 1. The summed E-state index contributed by atoms with van der Waals surface area (Å²) in [5.41, 5.74) is -0.337. The lowest BCUT2D eigenvalue weighted by Gasteiger charge is -2.56. The van der Waals surface area contributed by atoms with Crippen molar-refractivity contribution in [3.8, 4) is 5.75 Å². The summed E-state index contributed by atoms with van der Waals surface area (Å²) in [7, 11) is 0. The summed E-state index contributed by atoms with van der Waals surface area (Å²) in [5, 5.41) is 8.94. The molecule has 1 heterocycles. The second-order valence-electron chi connectivity index (χ2n) is 7.80. The Morgan fingerprint density at radius 1 is 1.22 bits per heavy atom. The van der Waals surface area contributed by atoms with Gasteiger partial charge in [0.15, 0.2) is 0 Å². The Hall–Kier alpha value is -1.62. The smallest absolute Gasteiger partial charge is 0.311 e. The van der Waals surface area contributed by atoms with Crippen LogP contribution in [0.5, 0.6) is 5.75 Å². The fourth-order valence-corrected chi connectivity index (χ4v) is 5.57. The lowest BCUT2D eigenvalue weighted by Crippen LogP contribution is -2.47. The van der Waals surface area contributed by atoms with E-state index in [-0.39, 0.29) is 29.5 Å². The van der Waals surface area contributed by atoms with Crippen LogP contribution in [0.3, 0.4) is 0 Å². The van der Waals surface area contributed by atoms with Gasteiger partial charge in [-0.3, -0.25) is 9.59 Å². The molecule has 1 aromatic heterocycles. The van der Waals surface area contributed by atoms with Crippen molar-refractivity contribution in [3.05, 3.63) is 28.3 Å². The van der Waals surface area contributed by atoms with E-state index in [0.717, 1.165) is 49.3 Å². The average Bonchev–Trinajstić information content (AvgIpc) is 2.47. The second kappa shape index (κ2) is 5.48. The van der Waals surface area contributed by atoms with Crippen molar-refractivity contribution < 1.29 is 19.1 Å². The lowest BCUT2D eigenvalue weighted by atomic mass is 9.49. The number of esters is 1. The van der Waals surface area contributed by atoms with Crippen molar-refractivity contribution in [2.45, 2.75) is 51.6 Å². The molecule has 4 saturated carbocycles. The van der Waals surface area contributed by atoms with Crippen molar-refractivity contribution in [2.75, 3.05) is 0 Å². The molecule has 0 saturated heterocycles. The molecule has 1 aromatic rings. The minimum atomic E-state index is -0.431. The number of ether oxygens (including phenoxy) is 1. The first-order valence-electron chi connectivity index (χ1n) is 8.48. The molecule has 4 bridgehead atoms. The second-order valence-corrected chi connectivity index (χ2v) is 7.80. The van der Waals surface area contributed by atoms with Crippen molar-refractivity contribution >= 4 is 5.97 Å². The average molecular weight is 318 g/mol. The first-order chi connectivity index (χ1) is 11.0. The van der Waals surface area contributed by atoms with Crippen LogP contribution in [0, 0.1) is 23.2 Å². The van der Waals surface area contributed by atoms with Crippen molar-refractivity contribution in [2.24, 2.45) is 23.2 Å². The molecule has 0 radical (unpaired) electrons. The third kappa shape index (κ3) is 2.82. The molecule has 1 N–H and O–H groups in total. The van der Waals surface area contributed by atoms with E-state index in [1.165, 1.54) is 19.3 Å². The summed E-state index contributed by atoms with van der Waals surface area (Å²) in [4.78, 5) is 24.2. The minimum Gasteiger partial charge on any atom is -0.463 e. The Kier molecular flexibility index (Phi) is 3.56. The largest absolute Gasteiger partial charge is 0.463 e. The molecule has 5 heteroatoms. The van der Waals surface area contributed by atoms with Gasteiger partial charge in [0.05, 0.1) is 6.42 Å². The van der Waals surface area contributed by atoms with Crippen LogP contribution in [0.2, 0.25) is 0 Å². The minimum absolute atomic E-state index is 0.0862. The summed E-state index contributed by atoms with van der Waals surface area (Å²) in [5.74, 6) is 2.08. The zero-order valence-electron chi connectivity index (χ0n) is 13.1. The monoisotopic (exact) mass is 318 g/mol. The number of hydrogen-bond donors (Lipinski definition) is 1. The molecule has 0 aromatic carbocycles. The van der Waals surface area contributed by atoms with Crippen LogP contribution < -0.4 is 10.2 Å². The van der Waals surface area contributed by atoms with E-state index < -0.39 is 5.43 Å². The third-order valence-electron chi connectivity index (χ3n) is 5.92. The maximum atomic E-state index is 12.4. The van der Waals surface area contributed by atoms with Gasteiger partial charge in [0, 0.05) is 6.07 Å². The van der Waals surface area contributed by atoms with Gasteiger partial charge in [-0.15, -0.1) is 0 Å². The van der Waals surface area contributed by atoms with Crippen LogP contribution >= 0.6 is 0 Å². The van der Waals surface area contributed by atoms with Crippen molar-refractivity contribution in [1.82, 2.24) is 0 Å². The Morgan fingerprint density at radius 2 is 1.83 bits per heavy atom. The number of carbonyl (C=O) groups excluding carboxylic acids is 1. The van der Waals surface area contributed by atoms with Gasteiger partial charge in [-0.1, -0.05) is 0 Å². The molecule has 0 unspecified atom stereocenters. The van der Waals surface area contributed by atoms with E-state index in [2.05, 4.69) is 0 Å². The van der Waals surface area contributed by atoms with Gasteiger partial charge in [-0.05, 0) is 61.7 Å². The topological polar surface area (TPSA) is 76.7 Å². The molecule has 0 spiro atoms. The van der Waals surface area contributed by atoms with Gasteiger partial charge in [0.1, 0.15) is 18.6 Å². The first-order valence-corrected chi connectivity index (χ1v) is 8.48. The Labute approximate surface area is 134 Å². The molecule has 4 aliphatic rings. The van der Waals surface area contributed by atoms with E-state index in [0.29, 0.717) is 6.42 Å². The summed E-state index contributed by atoms with van der Waals surface area (Å²) < 4.78 is 10.3. The molecule has 4 aliphatic carbocycles. The predicted molar refractivity (Wildman–Crippen MR) is 81.8 cm³/mol. The van der Waals surface area contributed by atoms with Gasteiger partial charge in [-0.25, -0.2) is 0 Å². The molecule has 0 aliphatic heterocycles. The van der Waals surface area contributed by atoms with Crippen LogP contribution in [0.1, 0.15) is 50.7 Å². The Bertz CT molecular complexity index is 639. The van der Waals surface area contributed by atoms with E-state index in [1.54, 1.807) is 0 Å². The highest BCUT2D eigenvalue weighted by Crippen LogP contribution is 2.61. The molecule has 4 fully saturated rings. The molecule has 0 amide bonds. The summed E-state index contributed by atoms with van der Waals surface area (Å²) in [6.07, 6.45) is 8.91. The highest BCUT2D eigenvalue weighted by Gasteiger charge is 2.51. The van der Waals surface area contributed by atoms with E-state index in [9.17, 15) is 9.59 Å². The Balaban J connectivity index is 1.45. The van der Waals surface area contributed by atoms with Crippen molar-refractivity contribution in [1.29, 1.82) is 0 Å². The first kappa shape index (κ1) is 14.9. The summed E-state index contributed by atoms with van der Waals surface area (Å²) in [6, 6.07) is 1.16. The summed E-state index contributed by atoms with van der Waals surface area (Å²) >= 11 is 0. The fraction of sp³-hybridized carbons (Fsp3) is 0.667. The molecule has 0 atom stereocenters. The zero-order valence-corrected chi connectivity index (χ0v) is 13.1. The van der Waals surface area contributed by atoms with Gasteiger partial charge in [0.25, 0.3) is 0 Å². The van der Waals surface area contributed by atoms with Crippen molar-refractivity contribution in [3.63, 3.8) is 0 Å². The van der Waals surface area contributed by atoms with Crippen LogP contribution in [0.4, 0.5) is 0 Å². The highest BCUT2D eigenvalue weighted by atomic mass is 16.5. The number of hydrogen-bond acceptors (Lipinski definition) is 5. The van der Waals surface area contributed by atoms with E-state index in [4.69, 9.17) is 14.3 Å². The molecular formula is C18H22O5. The number of aliphatic hydroxyl groups excluding tert-OH is 1. The molecule has 23 heavy (non-hydrogen) atoms. The highest BCUT2D eigenvalue weighted by molar-refractivity contribution is 5.73. The number of rotatable bonds is 4. The predicted octanol–water partition coefficient (Wildman–Crippen LogP) is 2.64. The fourth-order valence-electron chi connectivity index (χ4n) is 5.57. The van der Waals surface area contributed by atoms with E-state index >= 15 is 0 Å². The normalized spacial score (nSPS) is 34.6. The van der Waals surface area contributed by atoms with Crippen LogP contribution in [0.25, 0.3) is 0 Å². The van der Waals surface area contributed by atoms with Gasteiger partial charge in [-0.2, -0.15) is 0 Å². The zero-order chi connectivity index (χ0) is 16.0. The Morgan fingerprint density at radius 3 is 2.35 bits per heavy atom. The lowest BCUT2D eigenvalue weighted by molar-refractivity contribution is -0.143. The number of aliphatic hydroxyl groups is 1. The quantitative estimate of drug-likeness (QED) is 0.864. The van der Waals surface area contributed by atoms with Gasteiger partial charge in [0.2, 0.25) is 11.2 Å². The maximum Gasteiger partial charge on any atom is 0.311 e. The molecule has 5 rings (SSSR count). The van der Waals surface area contributed by atoms with Gasteiger partial charge < -0.3 is 14.3 Å². The van der Waals surface area contributed by atoms with Crippen LogP contribution in [0.15, 0.2) is 21.5 Å². The molecular weight excluding hydrogens is 296 g/mol. The molecule has 5 nitrogen and oxygen atoms in total. The molecule has 124 valence electrons. The van der Waals surface area contributed by atoms with Gasteiger partial charge >= 0.3 is 5.97 Å². The maximum absolute atomic E-state index is 12.4. The summed E-state index contributed by atoms with van der Waals surface area (Å²) in [6.45, 7) is -0.350. The standard InChI is InChI=1S/C18H22O5/c19-9-14-4-15(20)16(10-22-14)23-17(21)8-18-5-11-1-12(6-18)3-13(2-11)7-18/h4,10-13,19H,1-3,5-9H2. The van der Waals surface area contributed by atoms with Crippen LogP contribution in [-0.2, 0) is 11.4 Å².